The smallest absolute Gasteiger partial charge is 0.278 e. The Balaban J connectivity index is 1.39. The monoisotopic (exact) mass is 503 g/mol. The van der Waals surface area contributed by atoms with Crippen molar-refractivity contribution in [2.75, 3.05) is 18.5 Å². The van der Waals surface area contributed by atoms with Crippen LogP contribution in [0.5, 0.6) is 23.1 Å². The van der Waals surface area contributed by atoms with Crippen LogP contribution >= 0.6 is 11.6 Å². The Kier molecular flexibility index (Phi) is 5.45. The van der Waals surface area contributed by atoms with Crippen molar-refractivity contribution in [3.8, 4) is 28.8 Å². The molecule has 0 radical (unpaired) electrons. The Morgan fingerprint density at radius 2 is 1.78 bits per heavy atom. The predicted molar refractivity (Wildman–Crippen MR) is 135 cm³/mol. The Morgan fingerprint density at radius 1 is 1.00 bits per heavy atom. The second kappa shape index (κ2) is 8.80. The van der Waals surface area contributed by atoms with Crippen LogP contribution < -0.4 is 25.1 Å². The number of benzene rings is 3. The Morgan fingerprint density at radius 3 is 2.61 bits per heavy atom. The molecule has 0 bridgehead atoms. The zero-order chi connectivity index (χ0) is 24.8. The minimum Gasteiger partial charge on any atom is -0.486 e. The van der Waals surface area contributed by atoms with Gasteiger partial charge in [-0.05, 0) is 48.9 Å². The number of hydrogen-bond donors (Lipinski definition) is 1. The van der Waals surface area contributed by atoms with Gasteiger partial charge in [0.1, 0.15) is 25.5 Å². The number of rotatable bonds is 4. The molecule has 2 aliphatic rings. The third-order valence-corrected chi connectivity index (χ3v) is 6.48. The number of para-hydroxylation sites is 1. The summed E-state index contributed by atoms with van der Waals surface area (Å²) in [5.41, 5.74) is 3.19. The van der Waals surface area contributed by atoms with E-state index in [1.807, 2.05) is 31.2 Å². The molecule has 0 spiro atoms. The van der Waals surface area contributed by atoms with E-state index < -0.39 is 0 Å². The Bertz CT molecular complexity index is 1570. The van der Waals surface area contributed by atoms with Crippen LogP contribution in [0.4, 0.5) is 5.69 Å². The molecule has 0 fully saturated rings. The van der Waals surface area contributed by atoms with E-state index >= 15 is 0 Å². The zero-order valence-electron chi connectivity index (χ0n) is 19.4. The van der Waals surface area contributed by atoms with Crippen LogP contribution in [-0.4, -0.2) is 28.5 Å². The molecule has 2 aliphatic heterocycles. The first-order valence-electron chi connectivity index (χ1n) is 11.5. The number of aryl methyl sites for hydroxylation is 1. The van der Waals surface area contributed by atoms with Gasteiger partial charge in [-0.15, -0.1) is 0 Å². The summed E-state index contributed by atoms with van der Waals surface area (Å²) >= 11 is 6.17. The van der Waals surface area contributed by atoms with Crippen molar-refractivity contribution in [2.24, 2.45) is 0 Å². The van der Waals surface area contributed by atoms with Gasteiger partial charge in [-0.2, -0.15) is 0 Å². The number of nitrogens with one attached hydrogen (secondary N) is 1. The fraction of sp³-hybridized carbons (Fsp3) is 0.185. The number of amides is 1. The van der Waals surface area contributed by atoms with E-state index in [2.05, 4.69) is 5.32 Å². The summed E-state index contributed by atoms with van der Waals surface area (Å²) in [5.74, 6) is 1.84. The van der Waals surface area contributed by atoms with E-state index in [-0.39, 0.29) is 18.0 Å². The lowest BCUT2D eigenvalue weighted by Crippen LogP contribution is -2.28. The van der Waals surface area contributed by atoms with Crippen LogP contribution in [0.25, 0.3) is 5.69 Å². The number of ether oxygens (including phenoxy) is 3. The van der Waals surface area contributed by atoms with Crippen molar-refractivity contribution in [3.63, 3.8) is 0 Å². The molecule has 1 aromatic heterocycles. The molecule has 0 saturated carbocycles. The molecule has 3 heterocycles. The average Bonchev–Trinajstić information content (AvgIpc) is 3.13. The highest BCUT2D eigenvalue weighted by atomic mass is 35.5. The highest BCUT2D eigenvalue weighted by molar-refractivity contribution is 6.30. The first-order chi connectivity index (χ1) is 17.5. The lowest BCUT2D eigenvalue weighted by Gasteiger charge is -2.21. The molecular formula is C27H22ClN3O5. The maximum atomic E-state index is 13.6. The summed E-state index contributed by atoms with van der Waals surface area (Å²) in [4.78, 5) is 26.9. The molecule has 0 saturated heterocycles. The van der Waals surface area contributed by atoms with Crippen LogP contribution in [-0.2, 0) is 17.8 Å². The van der Waals surface area contributed by atoms with Gasteiger partial charge in [0.15, 0.2) is 11.5 Å². The second-order valence-corrected chi connectivity index (χ2v) is 9.12. The van der Waals surface area contributed by atoms with Crippen LogP contribution in [0.3, 0.4) is 0 Å². The average molecular weight is 504 g/mol. The van der Waals surface area contributed by atoms with Gasteiger partial charge in [0.05, 0.1) is 11.3 Å². The van der Waals surface area contributed by atoms with Crippen LogP contribution in [0.1, 0.15) is 16.7 Å². The number of halogens is 1. The third-order valence-electron chi connectivity index (χ3n) is 6.24. The van der Waals surface area contributed by atoms with Gasteiger partial charge < -0.3 is 19.5 Å². The van der Waals surface area contributed by atoms with E-state index in [1.54, 1.807) is 41.1 Å². The van der Waals surface area contributed by atoms with Crippen molar-refractivity contribution >= 4 is 23.2 Å². The topological polar surface area (TPSA) is 83.7 Å². The van der Waals surface area contributed by atoms with Crippen molar-refractivity contribution in [2.45, 2.75) is 19.9 Å². The molecule has 1 N–H and O–H groups in total. The lowest BCUT2D eigenvalue weighted by atomic mass is 10.0. The molecule has 36 heavy (non-hydrogen) atoms. The molecule has 0 unspecified atom stereocenters. The number of hydrogen-bond acceptors (Lipinski definition) is 5. The molecule has 4 aromatic rings. The first kappa shape index (κ1) is 22.3. The zero-order valence-corrected chi connectivity index (χ0v) is 20.2. The SMILES string of the molecule is Cc1ccccc1-n1c(=O)c2c(n1CC(=O)Nc1ccc3c(c1)OCCO3)Oc1ccc(Cl)cc1C2. The van der Waals surface area contributed by atoms with Crippen LogP contribution in [0, 0.1) is 6.92 Å². The third kappa shape index (κ3) is 3.89. The van der Waals surface area contributed by atoms with Crippen molar-refractivity contribution < 1.29 is 19.0 Å². The van der Waals surface area contributed by atoms with Gasteiger partial charge in [-0.1, -0.05) is 29.8 Å². The maximum absolute atomic E-state index is 13.6. The Hall–Kier alpha value is -4.17. The number of aromatic nitrogens is 2. The molecule has 3 aromatic carbocycles. The van der Waals surface area contributed by atoms with E-state index in [4.69, 9.17) is 25.8 Å². The van der Waals surface area contributed by atoms with E-state index in [1.165, 1.54) is 4.68 Å². The van der Waals surface area contributed by atoms with Gasteiger partial charge in [0.2, 0.25) is 11.8 Å². The Labute approximate surface area is 211 Å². The van der Waals surface area contributed by atoms with Crippen molar-refractivity contribution in [1.82, 2.24) is 9.36 Å². The standard InChI is InChI=1S/C27H22ClN3O5/c1-16-4-2-3-5-21(16)31-26(33)20-13-17-12-18(28)6-8-22(17)36-27(20)30(31)15-25(32)29-19-7-9-23-24(14-19)35-11-10-34-23/h2-9,12,14H,10-11,13,15H2,1H3,(H,29,32). The van der Waals surface area contributed by atoms with E-state index in [0.717, 1.165) is 11.1 Å². The highest BCUT2D eigenvalue weighted by Gasteiger charge is 2.30. The summed E-state index contributed by atoms with van der Waals surface area (Å²) in [5, 5.41) is 3.46. The summed E-state index contributed by atoms with van der Waals surface area (Å²) < 4.78 is 20.4. The minimum absolute atomic E-state index is 0.143. The summed E-state index contributed by atoms with van der Waals surface area (Å²) in [6.07, 6.45) is 0.354. The number of carbonyl (C=O) groups is 1. The number of anilines is 1. The van der Waals surface area contributed by atoms with Gasteiger partial charge in [-0.25, -0.2) is 9.36 Å². The fourth-order valence-corrected chi connectivity index (χ4v) is 4.76. The minimum atomic E-state index is -0.322. The fourth-order valence-electron chi connectivity index (χ4n) is 4.56. The van der Waals surface area contributed by atoms with Gasteiger partial charge >= 0.3 is 0 Å². The molecule has 9 heteroatoms. The molecule has 0 aliphatic carbocycles. The molecule has 0 atom stereocenters. The highest BCUT2D eigenvalue weighted by Crippen LogP contribution is 2.38. The van der Waals surface area contributed by atoms with Gasteiger partial charge in [0, 0.05) is 28.8 Å². The summed E-state index contributed by atoms with van der Waals surface area (Å²) in [7, 11) is 0. The molecule has 6 rings (SSSR count). The quantitative estimate of drug-likeness (QED) is 0.384. The van der Waals surface area contributed by atoms with E-state index in [9.17, 15) is 9.59 Å². The summed E-state index contributed by atoms with van der Waals surface area (Å²) in [6.45, 7) is 2.72. The number of fused-ring (bicyclic) bond motifs is 3. The van der Waals surface area contributed by atoms with Crippen LogP contribution in [0.15, 0.2) is 65.5 Å². The maximum Gasteiger partial charge on any atom is 0.278 e. The molecular weight excluding hydrogens is 482 g/mol. The largest absolute Gasteiger partial charge is 0.486 e. The van der Waals surface area contributed by atoms with Crippen LogP contribution in [0.2, 0.25) is 5.02 Å². The number of carbonyl (C=O) groups excluding carboxylic acids is 1. The van der Waals surface area contributed by atoms with Crippen molar-refractivity contribution in [3.05, 3.63) is 92.7 Å². The lowest BCUT2D eigenvalue weighted by molar-refractivity contribution is -0.117. The first-order valence-corrected chi connectivity index (χ1v) is 11.9. The van der Waals surface area contributed by atoms with Gasteiger partial charge in [0.25, 0.3) is 5.56 Å². The molecule has 8 nitrogen and oxygen atoms in total. The van der Waals surface area contributed by atoms with Crippen molar-refractivity contribution in [1.29, 1.82) is 0 Å². The molecule has 182 valence electrons. The second-order valence-electron chi connectivity index (χ2n) is 8.68. The molecule has 1 amide bonds. The predicted octanol–water partition coefficient (Wildman–Crippen LogP) is 4.71. The number of nitrogens with zero attached hydrogens (tertiary/aromatic N) is 2. The normalized spacial score (nSPS) is 13.4. The van der Waals surface area contributed by atoms with E-state index in [0.29, 0.717) is 64.7 Å². The van der Waals surface area contributed by atoms with Gasteiger partial charge in [-0.3, -0.25) is 9.59 Å². The summed E-state index contributed by atoms with van der Waals surface area (Å²) in [6, 6.07) is 18.1.